The molecule has 1 atom stereocenters. The van der Waals surface area contributed by atoms with Crippen LogP contribution in [0.2, 0.25) is 0 Å². The molecule has 0 unspecified atom stereocenters. The van der Waals surface area contributed by atoms with Crippen LogP contribution >= 0.6 is 0 Å². The van der Waals surface area contributed by atoms with E-state index in [0.29, 0.717) is 24.3 Å². The Morgan fingerprint density at radius 1 is 1.08 bits per heavy atom. The van der Waals surface area contributed by atoms with Crippen LogP contribution in [0, 0.1) is 5.41 Å². The van der Waals surface area contributed by atoms with Gasteiger partial charge in [-0.15, -0.1) is 0 Å². The molecule has 2 aliphatic rings. The minimum absolute atomic E-state index is 0.0426. The lowest BCUT2D eigenvalue weighted by Gasteiger charge is -2.37. The average Bonchev–Trinajstić information content (AvgIpc) is 2.51. The van der Waals surface area contributed by atoms with Crippen molar-refractivity contribution < 1.29 is 19.1 Å². The Morgan fingerprint density at radius 3 is 2.46 bits per heavy atom. The van der Waals surface area contributed by atoms with Crippen molar-refractivity contribution in [2.24, 2.45) is 5.41 Å². The Labute approximate surface area is 142 Å². The molecule has 1 aromatic carbocycles. The molecule has 0 saturated heterocycles. The molecular formula is C19H23NO4. The summed E-state index contributed by atoms with van der Waals surface area (Å²) in [4.78, 5) is 24.9. The molecule has 3 rings (SSSR count). The number of ether oxygens (including phenoxy) is 2. The Hall–Kier alpha value is -2.30. The molecule has 1 N–H and O–H groups in total. The van der Waals surface area contributed by atoms with Crippen molar-refractivity contribution in [1.29, 1.82) is 0 Å². The molecule has 0 bridgehead atoms. The molecule has 0 aromatic heterocycles. The molecule has 0 radical (unpaired) electrons. The van der Waals surface area contributed by atoms with Crippen LogP contribution in [0.15, 0.2) is 29.5 Å². The first kappa shape index (κ1) is 16.6. The lowest BCUT2D eigenvalue weighted by atomic mass is 9.70. The van der Waals surface area contributed by atoms with Crippen LogP contribution in [-0.4, -0.2) is 25.9 Å². The summed E-state index contributed by atoms with van der Waals surface area (Å²) in [5.41, 5.74) is 2.32. The highest BCUT2D eigenvalue weighted by molar-refractivity contribution is 6.02. The number of carbonyl (C=O) groups excluding carboxylic acids is 2. The third kappa shape index (κ3) is 2.90. The molecule has 1 heterocycles. The molecule has 1 aliphatic carbocycles. The van der Waals surface area contributed by atoms with E-state index in [1.165, 1.54) is 0 Å². The van der Waals surface area contributed by atoms with Gasteiger partial charge >= 0.3 is 0 Å². The summed E-state index contributed by atoms with van der Waals surface area (Å²) in [5.74, 6) is 1.09. The fraction of sp³-hybridized carbons (Fsp3) is 0.474. The maximum atomic E-state index is 12.7. The van der Waals surface area contributed by atoms with Crippen LogP contribution in [0.1, 0.15) is 44.6 Å². The SMILES string of the molecule is COc1ccc([C@H]2CC(=O)NC3=C2C(=O)CC(C)(C)C3)cc1OC. The summed E-state index contributed by atoms with van der Waals surface area (Å²) in [6, 6.07) is 5.58. The van der Waals surface area contributed by atoms with E-state index in [9.17, 15) is 9.59 Å². The largest absolute Gasteiger partial charge is 0.493 e. The van der Waals surface area contributed by atoms with Gasteiger partial charge in [0.1, 0.15) is 0 Å². The quantitative estimate of drug-likeness (QED) is 0.926. The smallest absolute Gasteiger partial charge is 0.225 e. The monoisotopic (exact) mass is 329 g/mol. The van der Waals surface area contributed by atoms with Crippen molar-refractivity contribution in [2.45, 2.75) is 39.0 Å². The molecular weight excluding hydrogens is 306 g/mol. The first-order valence-electron chi connectivity index (χ1n) is 8.12. The Balaban J connectivity index is 2.07. The Kier molecular flexibility index (Phi) is 4.11. The van der Waals surface area contributed by atoms with Crippen molar-refractivity contribution >= 4 is 11.7 Å². The molecule has 5 nitrogen and oxygen atoms in total. The van der Waals surface area contributed by atoms with Crippen LogP contribution in [-0.2, 0) is 9.59 Å². The predicted molar refractivity (Wildman–Crippen MR) is 90.1 cm³/mol. The van der Waals surface area contributed by atoms with Gasteiger partial charge in [-0.2, -0.15) is 0 Å². The molecule has 0 fully saturated rings. The number of methoxy groups -OCH3 is 2. The van der Waals surface area contributed by atoms with Gasteiger partial charge in [0.05, 0.1) is 14.2 Å². The van der Waals surface area contributed by atoms with Crippen molar-refractivity contribution in [3.8, 4) is 11.5 Å². The summed E-state index contributed by atoms with van der Waals surface area (Å²) in [5, 5.41) is 2.92. The fourth-order valence-corrected chi connectivity index (χ4v) is 3.71. The number of hydrogen-bond acceptors (Lipinski definition) is 4. The van der Waals surface area contributed by atoms with Gasteiger partial charge in [0.15, 0.2) is 17.3 Å². The van der Waals surface area contributed by atoms with Gasteiger partial charge in [-0.1, -0.05) is 19.9 Å². The topological polar surface area (TPSA) is 64.6 Å². The second kappa shape index (κ2) is 5.96. The van der Waals surface area contributed by atoms with E-state index in [1.54, 1.807) is 14.2 Å². The van der Waals surface area contributed by atoms with Gasteiger partial charge in [0, 0.05) is 30.0 Å². The van der Waals surface area contributed by atoms with E-state index >= 15 is 0 Å². The first-order valence-corrected chi connectivity index (χ1v) is 8.12. The van der Waals surface area contributed by atoms with Gasteiger partial charge < -0.3 is 14.8 Å². The van der Waals surface area contributed by atoms with E-state index in [2.05, 4.69) is 19.2 Å². The van der Waals surface area contributed by atoms with Crippen molar-refractivity contribution in [1.82, 2.24) is 5.32 Å². The van der Waals surface area contributed by atoms with Gasteiger partial charge in [0.25, 0.3) is 0 Å². The van der Waals surface area contributed by atoms with Crippen LogP contribution < -0.4 is 14.8 Å². The highest BCUT2D eigenvalue weighted by Gasteiger charge is 2.40. The van der Waals surface area contributed by atoms with E-state index in [4.69, 9.17) is 9.47 Å². The second-order valence-corrected chi connectivity index (χ2v) is 7.25. The number of Topliss-reactive ketones (excluding diaryl/α,β-unsaturated/α-hetero) is 1. The standard InChI is InChI=1S/C19H23NO4/c1-19(2)9-13-18(14(21)10-19)12(8-17(22)20-13)11-5-6-15(23-3)16(7-11)24-4/h5-7,12H,8-10H2,1-4H3,(H,20,22)/t12-/m1/s1. The van der Waals surface area contributed by atoms with Crippen LogP contribution in [0.3, 0.4) is 0 Å². The Bertz CT molecular complexity index is 733. The van der Waals surface area contributed by atoms with E-state index < -0.39 is 0 Å². The minimum Gasteiger partial charge on any atom is -0.493 e. The predicted octanol–water partition coefficient (Wildman–Crippen LogP) is 2.95. The summed E-state index contributed by atoms with van der Waals surface area (Å²) in [6.07, 6.45) is 1.50. The molecule has 1 aromatic rings. The number of carbonyl (C=O) groups is 2. The molecule has 24 heavy (non-hydrogen) atoms. The molecule has 128 valence electrons. The zero-order chi connectivity index (χ0) is 17.5. The summed E-state index contributed by atoms with van der Waals surface area (Å²) < 4.78 is 10.6. The fourth-order valence-electron chi connectivity index (χ4n) is 3.71. The average molecular weight is 329 g/mol. The second-order valence-electron chi connectivity index (χ2n) is 7.25. The number of ketones is 1. The van der Waals surface area contributed by atoms with Crippen molar-refractivity contribution in [3.05, 3.63) is 35.0 Å². The van der Waals surface area contributed by atoms with Gasteiger partial charge in [-0.25, -0.2) is 0 Å². The molecule has 5 heteroatoms. The highest BCUT2D eigenvalue weighted by atomic mass is 16.5. The molecule has 1 aliphatic heterocycles. The van der Waals surface area contributed by atoms with Crippen molar-refractivity contribution in [3.63, 3.8) is 0 Å². The molecule has 0 saturated carbocycles. The summed E-state index contributed by atoms with van der Waals surface area (Å²) in [6.45, 7) is 4.11. The van der Waals surface area contributed by atoms with E-state index in [-0.39, 0.29) is 29.4 Å². The van der Waals surface area contributed by atoms with E-state index in [1.807, 2.05) is 18.2 Å². The lowest BCUT2D eigenvalue weighted by Crippen LogP contribution is -2.40. The summed E-state index contributed by atoms with van der Waals surface area (Å²) in [7, 11) is 3.16. The van der Waals surface area contributed by atoms with Crippen LogP contribution in [0.4, 0.5) is 0 Å². The summed E-state index contributed by atoms with van der Waals surface area (Å²) >= 11 is 0. The minimum atomic E-state index is -0.225. The van der Waals surface area contributed by atoms with Gasteiger partial charge in [0.2, 0.25) is 5.91 Å². The van der Waals surface area contributed by atoms with E-state index in [0.717, 1.165) is 16.8 Å². The van der Waals surface area contributed by atoms with Gasteiger partial charge in [-0.3, -0.25) is 9.59 Å². The third-order valence-corrected chi connectivity index (χ3v) is 4.76. The molecule has 0 spiro atoms. The van der Waals surface area contributed by atoms with Crippen LogP contribution in [0.5, 0.6) is 11.5 Å². The number of amides is 1. The number of allylic oxidation sites excluding steroid dienone is 2. The zero-order valence-corrected chi connectivity index (χ0v) is 14.6. The maximum Gasteiger partial charge on any atom is 0.225 e. The maximum absolute atomic E-state index is 12.7. The molecule has 1 amide bonds. The van der Waals surface area contributed by atoms with Gasteiger partial charge in [-0.05, 0) is 29.5 Å². The first-order chi connectivity index (χ1) is 11.3. The zero-order valence-electron chi connectivity index (χ0n) is 14.6. The number of benzene rings is 1. The number of nitrogens with one attached hydrogen (secondary N) is 1. The lowest BCUT2D eigenvalue weighted by molar-refractivity contribution is -0.122. The normalized spacial score (nSPS) is 22.8. The highest BCUT2D eigenvalue weighted by Crippen LogP contribution is 2.45. The third-order valence-electron chi connectivity index (χ3n) is 4.76. The number of hydrogen-bond donors (Lipinski definition) is 1. The number of rotatable bonds is 3. The van der Waals surface area contributed by atoms with Crippen LogP contribution in [0.25, 0.3) is 0 Å². The Morgan fingerprint density at radius 2 is 1.79 bits per heavy atom. The van der Waals surface area contributed by atoms with Crippen molar-refractivity contribution in [2.75, 3.05) is 14.2 Å².